The van der Waals surface area contributed by atoms with Crippen molar-refractivity contribution in [3.05, 3.63) is 0 Å². The van der Waals surface area contributed by atoms with E-state index in [9.17, 15) is 4.79 Å². The van der Waals surface area contributed by atoms with Gasteiger partial charge in [-0.3, -0.25) is 4.79 Å². The van der Waals surface area contributed by atoms with Crippen LogP contribution in [0.1, 0.15) is 39.5 Å². The van der Waals surface area contributed by atoms with Crippen molar-refractivity contribution in [1.29, 1.82) is 5.26 Å². The summed E-state index contributed by atoms with van der Waals surface area (Å²) in [5.41, 5.74) is -1.15. The SMILES string of the molecule is CC1(C)CCCC(C#N)(CCCl)C1=O. The van der Waals surface area contributed by atoms with Crippen molar-refractivity contribution in [3.8, 4) is 6.07 Å². The van der Waals surface area contributed by atoms with Gasteiger partial charge in [-0.05, 0) is 19.3 Å². The van der Waals surface area contributed by atoms with Gasteiger partial charge in [-0.1, -0.05) is 20.3 Å². The molecule has 0 saturated heterocycles. The van der Waals surface area contributed by atoms with Gasteiger partial charge in [0.15, 0.2) is 5.78 Å². The van der Waals surface area contributed by atoms with Gasteiger partial charge in [0.2, 0.25) is 0 Å². The minimum Gasteiger partial charge on any atom is -0.297 e. The first-order valence-corrected chi connectivity index (χ1v) is 5.54. The minimum atomic E-state index is -0.802. The molecule has 1 unspecified atom stereocenters. The minimum absolute atomic E-state index is 0.0828. The summed E-state index contributed by atoms with van der Waals surface area (Å²) in [5, 5.41) is 9.15. The molecule has 0 aromatic carbocycles. The second-order valence-electron chi connectivity index (χ2n) is 4.70. The third-order valence-electron chi connectivity index (χ3n) is 3.19. The molecule has 3 heteroatoms. The predicted molar refractivity (Wildman–Crippen MR) is 56.0 cm³/mol. The normalized spacial score (nSPS) is 31.1. The Labute approximate surface area is 90.2 Å². The summed E-state index contributed by atoms with van der Waals surface area (Å²) in [6.45, 7) is 3.85. The van der Waals surface area contributed by atoms with E-state index in [0.29, 0.717) is 18.7 Å². The summed E-state index contributed by atoms with van der Waals surface area (Å²) in [5.74, 6) is 0.467. The Hall–Kier alpha value is -0.550. The molecule has 0 amide bonds. The number of rotatable bonds is 2. The van der Waals surface area contributed by atoms with E-state index >= 15 is 0 Å². The van der Waals surface area contributed by atoms with E-state index in [0.717, 1.165) is 12.8 Å². The summed E-state index contributed by atoms with van der Waals surface area (Å²) >= 11 is 5.66. The van der Waals surface area contributed by atoms with Crippen molar-refractivity contribution >= 4 is 17.4 Å². The van der Waals surface area contributed by atoms with Gasteiger partial charge >= 0.3 is 0 Å². The molecule has 1 atom stereocenters. The van der Waals surface area contributed by atoms with Gasteiger partial charge in [0.25, 0.3) is 0 Å². The van der Waals surface area contributed by atoms with E-state index in [2.05, 4.69) is 6.07 Å². The fourth-order valence-electron chi connectivity index (χ4n) is 2.27. The number of hydrogen-bond acceptors (Lipinski definition) is 2. The second-order valence-corrected chi connectivity index (χ2v) is 5.08. The van der Waals surface area contributed by atoms with E-state index in [4.69, 9.17) is 16.9 Å². The lowest BCUT2D eigenvalue weighted by Crippen LogP contribution is -2.44. The van der Waals surface area contributed by atoms with Crippen LogP contribution in [0.15, 0.2) is 0 Å². The van der Waals surface area contributed by atoms with Crippen LogP contribution in [-0.4, -0.2) is 11.7 Å². The lowest BCUT2D eigenvalue weighted by atomic mass is 9.62. The Morgan fingerprint density at radius 1 is 1.50 bits per heavy atom. The Morgan fingerprint density at radius 2 is 2.14 bits per heavy atom. The molecular weight excluding hydrogens is 198 g/mol. The van der Waals surface area contributed by atoms with Crippen LogP contribution in [0.3, 0.4) is 0 Å². The number of carbonyl (C=O) groups excluding carboxylic acids is 1. The van der Waals surface area contributed by atoms with E-state index in [1.807, 2.05) is 13.8 Å². The summed E-state index contributed by atoms with van der Waals surface area (Å²) < 4.78 is 0. The lowest BCUT2D eigenvalue weighted by molar-refractivity contribution is -0.138. The lowest BCUT2D eigenvalue weighted by Gasteiger charge is -2.38. The van der Waals surface area contributed by atoms with Crippen LogP contribution >= 0.6 is 11.6 Å². The molecule has 14 heavy (non-hydrogen) atoms. The molecule has 0 bridgehead atoms. The quantitative estimate of drug-likeness (QED) is 0.662. The maximum Gasteiger partial charge on any atom is 0.158 e. The van der Waals surface area contributed by atoms with Gasteiger partial charge in [0.05, 0.1) is 6.07 Å². The highest BCUT2D eigenvalue weighted by Gasteiger charge is 2.48. The van der Waals surface area contributed by atoms with Crippen LogP contribution in [0.4, 0.5) is 0 Å². The van der Waals surface area contributed by atoms with Crippen LogP contribution in [0, 0.1) is 22.2 Å². The standard InChI is InChI=1S/C11H16ClNO/c1-10(2)4-3-5-11(8-13,6-7-12)9(10)14/h3-7H2,1-2H3. The molecule has 0 aliphatic heterocycles. The van der Waals surface area contributed by atoms with Crippen LogP contribution in [0.2, 0.25) is 0 Å². The zero-order valence-corrected chi connectivity index (χ0v) is 9.52. The molecule has 1 saturated carbocycles. The molecule has 1 rings (SSSR count). The molecule has 0 radical (unpaired) electrons. The first-order chi connectivity index (χ1) is 6.48. The molecule has 1 aliphatic rings. The maximum absolute atomic E-state index is 12.1. The van der Waals surface area contributed by atoms with Gasteiger partial charge in [-0.15, -0.1) is 11.6 Å². The Bertz CT molecular complexity index is 276. The number of nitriles is 1. The Kier molecular flexibility index (Phi) is 3.21. The topological polar surface area (TPSA) is 40.9 Å². The van der Waals surface area contributed by atoms with Crippen molar-refractivity contribution in [2.75, 3.05) is 5.88 Å². The molecule has 1 aliphatic carbocycles. The average molecular weight is 214 g/mol. The monoisotopic (exact) mass is 213 g/mol. The molecule has 2 nitrogen and oxygen atoms in total. The van der Waals surface area contributed by atoms with Gasteiger partial charge in [-0.2, -0.15) is 5.26 Å². The van der Waals surface area contributed by atoms with Crippen LogP contribution in [0.5, 0.6) is 0 Å². The molecule has 0 heterocycles. The summed E-state index contributed by atoms with van der Waals surface area (Å²) in [6.07, 6.45) is 3.01. The van der Waals surface area contributed by atoms with Crippen molar-refractivity contribution in [2.24, 2.45) is 10.8 Å². The number of halogens is 1. The van der Waals surface area contributed by atoms with E-state index < -0.39 is 5.41 Å². The first kappa shape index (κ1) is 11.5. The molecule has 78 valence electrons. The fourth-order valence-corrected chi connectivity index (χ4v) is 2.59. The van der Waals surface area contributed by atoms with Crippen molar-refractivity contribution in [2.45, 2.75) is 39.5 Å². The van der Waals surface area contributed by atoms with Crippen LogP contribution < -0.4 is 0 Å². The largest absolute Gasteiger partial charge is 0.297 e. The zero-order chi connectivity index (χ0) is 10.8. The van der Waals surface area contributed by atoms with Crippen molar-refractivity contribution in [1.82, 2.24) is 0 Å². The molecular formula is C11H16ClNO. The van der Waals surface area contributed by atoms with Gasteiger partial charge in [0.1, 0.15) is 5.41 Å². The van der Waals surface area contributed by atoms with E-state index in [-0.39, 0.29) is 11.2 Å². The number of hydrogen-bond donors (Lipinski definition) is 0. The predicted octanol–water partition coefficient (Wildman–Crippen LogP) is 2.90. The summed E-state index contributed by atoms with van der Waals surface area (Å²) in [7, 11) is 0. The number of ketones is 1. The van der Waals surface area contributed by atoms with Crippen LogP contribution in [-0.2, 0) is 4.79 Å². The maximum atomic E-state index is 12.1. The van der Waals surface area contributed by atoms with Crippen molar-refractivity contribution < 1.29 is 4.79 Å². The highest BCUT2D eigenvalue weighted by Crippen LogP contribution is 2.44. The number of nitrogens with zero attached hydrogens (tertiary/aromatic N) is 1. The summed E-state index contributed by atoms with van der Waals surface area (Å²) in [4.78, 5) is 12.1. The van der Waals surface area contributed by atoms with Crippen LogP contribution in [0.25, 0.3) is 0 Å². The molecule has 0 N–H and O–H groups in total. The highest BCUT2D eigenvalue weighted by atomic mass is 35.5. The van der Waals surface area contributed by atoms with E-state index in [1.165, 1.54) is 0 Å². The number of carbonyl (C=O) groups is 1. The third kappa shape index (κ3) is 1.79. The van der Waals surface area contributed by atoms with Gasteiger partial charge in [-0.25, -0.2) is 0 Å². The molecule has 0 spiro atoms. The van der Waals surface area contributed by atoms with Gasteiger partial charge in [0, 0.05) is 11.3 Å². The number of Topliss-reactive ketones (excluding diaryl/α,β-unsaturated/α-hetero) is 1. The molecule has 0 aromatic rings. The Balaban J connectivity index is 2.97. The number of alkyl halides is 1. The fraction of sp³-hybridized carbons (Fsp3) is 0.818. The van der Waals surface area contributed by atoms with Gasteiger partial charge < -0.3 is 0 Å². The molecule has 1 fully saturated rings. The second kappa shape index (κ2) is 3.90. The summed E-state index contributed by atoms with van der Waals surface area (Å²) in [6, 6.07) is 2.19. The van der Waals surface area contributed by atoms with Crippen molar-refractivity contribution in [3.63, 3.8) is 0 Å². The Morgan fingerprint density at radius 3 is 2.64 bits per heavy atom. The third-order valence-corrected chi connectivity index (χ3v) is 3.38. The smallest absolute Gasteiger partial charge is 0.158 e. The highest BCUT2D eigenvalue weighted by molar-refractivity contribution is 6.18. The zero-order valence-electron chi connectivity index (χ0n) is 8.77. The van der Waals surface area contributed by atoms with E-state index in [1.54, 1.807) is 0 Å². The first-order valence-electron chi connectivity index (χ1n) is 5.01. The molecule has 0 aromatic heterocycles. The average Bonchev–Trinajstić information content (AvgIpc) is 2.13.